The van der Waals surface area contributed by atoms with E-state index in [4.69, 9.17) is 16.3 Å². The van der Waals surface area contributed by atoms with Crippen LogP contribution in [0.5, 0.6) is 0 Å². The summed E-state index contributed by atoms with van der Waals surface area (Å²) in [5, 5.41) is 22.9. The van der Waals surface area contributed by atoms with Gasteiger partial charge in [-0.25, -0.2) is 5.01 Å². The SMILES string of the molecule is CC(O)CNC(=O)c1c(I)cc(I)c(C(=O)N(CC(C)O)NC(=O)COCCCl)c1I. The van der Waals surface area contributed by atoms with Crippen molar-refractivity contribution in [3.63, 3.8) is 0 Å². The first-order valence-corrected chi connectivity index (χ1v) is 12.8. The maximum Gasteiger partial charge on any atom is 0.274 e. The van der Waals surface area contributed by atoms with Crippen molar-refractivity contribution >= 4 is 97.1 Å². The predicted octanol–water partition coefficient (Wildman–Crippen LogP) is 1.72. The number of aliphatic hydroxyl groups excluding tert-OH is 2. The van der Waals surface area contributed by atoms with Gasteiger partial charge >= 0.3 is 0 Å². The second kappa shape index (κ2) is 14.3. The van der Waals surface area contributed by atoms with Gasteiger partial charge < -0.3 is 20.3 Å². The Balaban J connectivity index is 3.25. The van der Waals surface area contributed by atoms with Gasteiger partial charge in [-0.1, -0.05) is 0 Å². The molecular weight excluding hydrogens is 770 g/mol. The number of aliphatic hydroxyl groups is 2. The molecule has 0 aromatic heterocycles. The molecule has 13 heteroatoms. The number of hydrazine groups is 1. The van der Waals surface area contributed by atoms with Crippen LogP contribution in [0.1, 0.15) is 34.6 Å². The molecule has 1 rings (SSSR count). The van der Waals surface area contributed by atoms with Crippen molar-refractivity contribution in [1.82, 2.24) is 15.8 Å². The number of benzene rings is 1. The highest BCUT2D eigenvalue weighted by Crippen LogP contribution is 2.29. The fourth-order valence-corrected chi connectivity index (χ4v) is 6.74. The Hall–Kier alpha value is -0.0100. The zero-order chi connectivity index (χ0) is 23.7. The van der Waals surface area contributed by atoms with Gasteiger partial charge in [-0.05, 0) is 87.7 Å². The van der Waals surface area contributed by atoms with E-state index >= 15 is 0 Å². The van der Waals surface area contributed by atoms with E-state index < -0.39 is 29.9 Å². The van der Waals surface area contributed by atoms with Gasteiger partial charge in [0.2, 0.25) is 0 Å². The number of halogens is 4. The molecule has 0 aliphatic rings. The van der Waals surface area contributed by atoms with Crippen LogP contribution in [-0.2, 0) is 9.53 Å². The number of alkyl halides is 1. The molecule has 9 nitrogen and oxygen atoms in total. The van der Waals surface area contributed by atoms with Crippen LogP contribution in [0.2, 0.25) is 0 Å². The Morgan fingerprint density at radius 1 is 1.13 bits per heavy atom. The lowest BCUT2D eigenvalue weighted by Crippen LogP contribution is -2.50. The Bertz CT molecular complexity index is 810. The van der Waals surface area contributed by atoms with E-state index in [9.17, 15) is 24.6 Å². The fraction of sp³-hybridized carbons (Fsp3) is 0.500. The molecule has 3 amide bonds. The average molecular weight is 794 g/mol. The number of carbonyl (C=O) groups excluding carboxylic acids is 3. The maximum atomic E-state index is 13.3. The fourth-order valence-electron chi connectivity index (χ4n) is 2.30. The van der Waals surface area contributed by atoms with Crippen LogP contribution in [-0.4, -0.2) is 77.3 Å². The summed E-state index contributed by atoms with van der Waals surface area (Å²) in [6, 6.07) is 1.68. The van der Waals surface area contributed by atoms with Gasteiger partial charge in [0, 0.05) is 23.1 Å². The third-order valence-electron chi connectivity index (χ3n) is 3.58. The highest BCUT2D eigenvalue weighted by atomic mass is 127. The van der Waals surface area contributed by atoms with Gasteiger partial charge in [-0.2, -0.15) is 0 Å². The third-order valence-corrected chi connectivity index (χ3v) is 6.51. The molecule has 0 aliphatic carbocycles. The molecule has 0 spiro atoms. The first-order chi connectivity index (χ1) is 14.5. The molecule has 2 atom stereocenters. The lowest BCUT2D eigenvalue weighted by atomic mass is 10.1. The summed E-state index contributed by atoms with van der Waals surface area (Å²) in [4.78, 5) is 38.1. The molecule has 1 aromatic rings. The van der Waals surface area contributed by atoms with E-state index in [0.717, 1.165) is 5.01 Å². The highest BCUT2D eigenvalue weighted by Gasteiger charge is 2.28. The normalized spacial score (nSPS) is 12.8. The number of nitrogens with zero attached hydrogens (tertiary/aromatic N) is 1. The molecule has 0 saturated heterocycles. The second-order valence-electron chi connectivity index (χ2n) is 6.50. The van der Waals surface area contributed by atoms with Crippen LogP contribution in [0.25, 0.3) is 0 Å². The molecule has 0 fully saturated rings. The van der Waals surface area contributed by atoms with Crippen LogP contribution in [0, 0.1) is 10.7 Å². The number of hydrogen-bond donors (Lipinski definition) is 4. The van der Waals surface area contributed by atoms with Crippen molar-refractivity contribution in [1.29, 1.82) is 0 Å². The number of ether oxygens (including phenoxy) is 1. The Morgan fingerprint density at radius 3 is 2.29 bits per heavy atom. The minimum absolute atomic E-state index is 0.0623. The van der Waals surface area contributed by atoms with E-state index in [-0.39, 0.29) is 37.7 Å². The quantitative estimate of drug-likeness (QED) is 0.124. The molecule has 174 valence electrons. The summed E-state index contributed by atoms with van der Waals surface area (Å²) in [7, 11) is 0. The molecule has 0 bridgehead atoms. The molecule has 4 N–H and O–H groups in total. The maximum absolute atomic E-state index is 13.3. The molecule has 2 unspecified atom stereocenters. The first kappa shape index (κ1) is 29.0. The van der Waals surface area contributed by atoms with Crippen molar-refractivity contribution in [3.8, 4) is 0 Å². The van der Waals surface area contributed by atoms with Crippen LogP contribution in [0.4, 0.5) is 0 Å². The Kier molecular flexibility index (Phi) is 13.4. The topological polar surface area (TPSA) is 128 Å². The van der Waals surface area contributed by atoms with E-state index in [1.165, 1.54) is 6.92 Å². The number of nitrogens with one attached hydrogen (secondary N) is 2. The molecular formula is C18H23ClI3N3O6. The van der Waals surface area contributed by atoms with Gasteiger partial charge in [-0.3, -0.25) is 19.8 Å². The predicted molar refractivity (Wildman–Crippen MR) is 141 cm³/mol. The number of carbonyl (C=O) groups is 3. The molecule has 31 heavy (non-hydrogen) atoms. The smallest absolute Gasteiger partial charge is 0.274 e. The van der Waals surface area contributed by atoms with Crippen molar-refractivity contribution in [3.05, 3.63) is 27.9 Å². The minimum Gasteiger partial charge on any atom is -0.392 e. The van der Waals surface area contributed by atoms with Crippen LogP contribution in [0.15, 0.2) is 6.07 Å². The Labute approximate surface area is 226 Å². The van der Waals surface area contributed by atoms with Gasteiger partial charge in [0.1, 0.15) is 6.61 Å². The summed E-state index contributed by atoms with van der Waals surface area (Å²) in [5.41, 5.74) is 2.94. The standard InChI is InChI=1S/C18H23ClI3N3O6/c1-9(26)6-23-17(29)14-11(20)5-12(21)15(16(14)22)18(30)25(7-10(2)27)24-13(28)8-31-4-3-19/h5,9-10,26-27H,3-4,6-8H2,1-2H3,(H,23,29)(H,24,28). The van der Waals surface area contributed by atoms with Crippen molar-refractivity contribution in [2.45, 2.75) is 26.1 Å². The van der Waals surface area contributed by atoms with Gasteiger partial charge in [-0.15, -0.1) is 11.6 Å². The first-order valence-electron chi connectivity index (χ1n) is 9.06. The number of rotatable bonds is 10. The van der Waals surface area contributed by atoms with E-state index in [2.05, 4.69) is 10.7 Å². The molecule has 1 aromatic carbocycles. The van der Waals surface area contributed by atoms with E-state index in [1.807, 2.05) is 67.8 Å². The van der Waals surface area contributed by atoms with Crippen molar-refractivity contribution in [2.75, 3.05) is 32.2 Å². The van der Waals surface area contributed by atoms with Crippen LogP contribution < -0.4 is 10.7 Å². The average Bonchev–Trinajstić information content (AvgIpc) is 2.65. The van der Waals surface area contributed by atoms with Gasteiger partial charge in [0.25, 0.3) is 17.7 Å². The lowest BCUT2D eigenvalue weighted by Gasteiger charge is -2.26. The summed E-state index contributed by atoms with van der Waals surface area (Å²) >= 11 is 11.4. The summed E-state index contributed by atoms with van der Waals surface area (Å²) in [5.74, 6) is -1.37. The minimum atomic E-state index is -0.916. The number of hydrogen-bond acceptors (Lipinski definition) is 6. The molecule has 0 heterocycles. The summed E-state index contributed by atoms with van der Waals surface area (Å²) < 4.78 is 6.67. The second-order valence-corrected chi connectivity index (χ2v) is 10.3. The molecule has 0 radical (unpaired) electrons. The van der Waals surface area contributed by atoms with E-state index in [0.29, 0.717) is 16.3 Å². The highest BCUT2D eigenvalue weighted by molar-refractivity contribution is 14.1. The van der Waals surface area contributed by atoms with Crippen molar-refractivity contribution < 1.29 is 29.3 Å². The Morgan fingerprint density at radius 2 is 1.74 bits per heavy atom. The van der Waals surface area contributed by atoms with E-state index in [1.54, 1.807) is 13.0 Å². The van der Waals surface area contributed by atoms with Crippen LogP contribution in [0.3, 0.4) is 0 Å². The van der Waals surface area contributed by atoms with Crippen LogP contribution >= 0.6 is 79.4 Å². The third kappa shape index (κ3) is 9.40. The largest absolute Gasteiger partial charge is 0.392 e. The molecule has 0 saturated carbocycles. The zero-order valence-electron chi connectivity index (χ0n) is 16.8. The summed E-state index contributed by atoms with van der Waals surface area (Å²) in [6.45, 7) is 2.80. The zero-order valence-corrected chi connectivity index (χ0v) is 24.0. The van der Waals surface area contributed by atoms with Gasteiger partial charge in [0.05, 0.1) is 36.5 Å². The lowest BCUT2D eigenvalue weighted by molar-refractivity contribution is -0.129. The monoisotopic (exact) mass is 793 g/mol. The van der Waals surface area contributed by atoms with Crippen molar-refractivity contribution in [2.24, 2.45) is 0 Å². The van der Waals surface area contributed by atoms with Gasteiger partial charge in [0.15, 0.2) is 0 Å². The summed E-state index contributed by atoms with van der Waals surface area (Å²) in [6.07, 6.45) is -1.64. The molecule has 0 aliphatic heterocycles. The number of amides is 3.